The Morgan fingerprint density at radius 1 is 1.60 bits per heavy atom. The van der Waals surface area contributed by atoms with Gasteiger partial charge in [-0.3, -0.25) is 4.98 Å². The van der Waals surface area contributed by atoms with Crippen LogP contribution >= 0.6 is 15.9 Å². The lowest BCUT2D eigenvalue weighted by Crippen LogP contribution is -2.12. The fraction of sp³-hybridized carbons (Fsp3) is 0.273. The molecule has 76 valence electrons. The molecular weight excluding hydrogens is 259 g/mol. The van der Waals surface area contributed by atoms with Gasteiger partial charge >= 0.3 is 0 Å². The Labute approximate surface area is 95.6 Å². The summed E-state index contributed by atoms with van der Waals surface area (Å²) in [6, 6.07) is 3.57. The monoisotopic (exact) mass is 266 g/mol. The van der Waals surface area contributed by atoms with Gasteiger partial charge in [0.25, 0.3) is 0 Å². The van der Waals surface area contributed by atoms with E-state index in [2.05, 4.69) is 27.0 Å². The van der Waals surface area contributed by atoms with Crippen molar-refractivity contribution in [3.05, 3.63) is 33.8 Å². The van der Waals surface area contributed by atoms with E-state index in [0.29, 0.717) is 10.2 Å². The molecule has 1 aliphatic carbocycles. The van der Waals surface area contributed by atoms with Gasteiger partial charge in [-0.1, -0.05) is 5.57 Å². The maximum absolute atomic E-state index is 13.3. The van der Waals surface area contributed by atoms with Gasteiger partial charge in [0.2, 0.25) is 0 Å². The van der Waals surface area contributed by atoms with E-state index < -0.39 is 0 Å². The SMILES string of the molecule is N#CC1CC(=Cc2ncc(Br)cc2F)C1. The minimum absolute atomic E-state index is 0.106. The first-order valence-corrected chi connectivity index (χ1v) is 5.38. The first-order chi connectivity index (χ1) is 7.19. The second-order valence-corrected chi connectivity index (χ2v) is 4.47. The highest BCUT2D eigenvalue weighted by Gasteiger charge is 2.22. The normalized spacial score (nSPS) is 19.3. The Bertz CT molecular complexity index is 454. The van der Waals surface area contributed by atoms with Crippen molar-refractivity contribution >= 4 is 22.0 Å². The van der Waals surface area contributed by atoms with E-state index >= 15 is 0 Å². The third-order valence-electron chi connectivity index (χ3n) is 2.38. The first-order valence-electron chi connectivity index (χ1n) is 4.59. The molecule has 0 atom stereocenters. The van der Waals surface area contributed by atoms with Crippen LogP contribution in [0.4, 0.5) is 4.39 Å². The van der Waals surface area contributed by atoms with Crippen molar-refractivity contribution in [2.45, 2.75) is 12.8 Å². The van der Waals surface area contributed by atoms with Gasteiger partial charge in [0.1, 0.15) is 5.82 Å². The number of allylic oxidation sites excluding steroid dienone is 1. The van der Waals surface area contributed by atoms with Crippen LogP contribution in [0, 0.1) is 23.1 Å². The van der Waals surface area contributed by atoms with Gasteiger partial charge in [0.15, 0.2) is 0 Å². The first kappa shape index (κ1) is 10.3. The molecule has 2 rings (SSSR count). The van der Waals surface area contributed by atoms with E-state index in [1.165, 1.54) is 6.07 Å². The molecule has 0 saturated heterocycles. The zero-order valence-electron chi connectivity index (χ0n) is 7.87. The maximum Gasteiger partial charge on any atom is 0.149 e. The fourth-order valence-electron chi connectivity index (χ4n) is 1.51. The highest BCUT2D eigenvalue weighted by atomic mass is 79.9. The van der Waals surface area contributed by atoms with Crippen molar-refractivity contribution < 1.29 is 4.39 Å². The summed E-state index contributed by atoms with van der Waals surface area (Å²) in [6.45, 7) is 0. The van der Waals surface area contributed by atoms with Crippen LogP contribution in [0.1, 0.15) is 18.5 Å². The molecular formula is C11H8BrFN2. The zero-order chi connectivity index (χ0) is 10.8. The second-order valence-electron chi connectivity index (χ2n) is 3.56. The van der Waals surface area contributed by atoms with Crippen molar-refractivity contribution in [3.63, 3.8) is 0 Å². The van der Waals surface area contributed by atoms with E-state index in [1.54, 1.807) is 12.3 Å². The van der Waals surface area contributed by atoms with Crippen LogP contribution in [0.3, 0.4) is 0 Å². The number of nitrogens with zero attached hydrogens (tertiary/aromatic N) is 2. The molecule has 0 spiro atoms. The average molecular weight is 267 g/mol. The van der Waals surface area contributed by atoms with Gasteiger partial charge in [-0.05, 0) is 40.9 Å². The molecule has 0 N–H and O–H groups in total. The Balaban J connectivity index is 2.16. The summed E-state index contributed by atoms with van der Waals surface area (Å²) in [5, 5.41) is 8.59. The Kier molecular flexibility index (Phi) is 2.83. The summed E-state index contributed by atoms with van der Waals surface area (Å²) in [6.07, 6.45) is 4.78. The standard InChI is InChI=1S/C11H8BrFN2/c12-9-4-10(13)11(15-6-9)3-7-1-8(2-7)5-14/h3-4,6,8H,1-2H2. The number of nitriles is 1. The van der Waals surface area contributed by atoms with Gasteiger partial charge in [0, 0.05) is 10.7 Å². The molecule has 1 saturated carbocycles. The number of rotatable bonds is 1. The third kappa shape index (κ3) is 2.24. The summed E-state index contributed by atoms with van der Waals surface area (Å²) in [4.78, 5) is 3.97. The summed E-state index contributed by atoms with van der Waals surface area (Å²) >= 11 is 3.15. The predicted molar refractivity (Wildman–Crippen MR) is 58.2 cm³/mol. The molecule has 0 aromatic carbocycles. The summed E-state index contributed by atoms with van der Waals surface area (Å²) in [5.41, 5.74) is 1.44. The van der Waals surface area contributed by atoms with Crippen molar-refractivity contribution in [1.82, 2.24) is 4.98 Å². The molecule has 0 aliphatic heterocycles. The Morgan fingerprint density at radius 2 is 2.33 bits per heavy atom. The molecule has 0 amide bonds. The lowest BCUT2D eigenvalue weighted by molar-refractivity contribution is 0.530. The molecule has 1 aliphatic rings. The number of aromatic nitrogens is 1. The minimum atomic E-state index is -0.336. The van der Waals surface area contributed by atoms with Crippen LogP contribution < -0.4 is 0 Å². The van der Waals surface area contributed by atoms with Crippen molar-refractivity contribution in [2.24, 2.45) is 5.92 Å². The van der Waals surface area contributed by atoms with E-state index in [9.17, 15) is 4.39 Å². The molecule has 1 fully saturated rings. The molecule has 15 heavy (non-hydrogen) atoms. The zero-order valence-corrected chi connectivity index (χ0v) is 9.46. The lowest BCUT2D eigenvalue weighted by Gasteiger charge is -2.22. The molecule has 4 heteroatoms. The summed E-state index contributed by atoms with van der Waals surface area (Å²) in [7, 11) is 0. The van der Waals surface area contributed by atoms with Gasteiger partial charge in [-0.2, -0.15) is 5.26 Å². The molecule has 0 radical (unpaired) electrons. The van der Waals surface area contributed by atoms with Crippen LogP contribution in [0.15, 0.2) is 22.3 Å². The van der Waals surface area contributed by atoms with Crippen molar-refractivity contribution in [1.29, 1.82) is 5.26 Å². The van der Waals surface area contributed by atoms with E-state index in [-0.39, 0.29) is 11.7 Å². The number of halogens is 2. The molecule has 0 unspecified atom stereocenters. The fourth-order valence-corrected chi connectivity index (χ4v) is 1.81. The Morgan fingerprint density at radius 3 is 2.93 bits per heavy atom. The van der Waals surface area contributed by atoms with Gasteiger partial charge in [-0.15, -0.1) is 0 Å². The van der Waals surface area contributed by atoms with Crippen molar-refractivity contribution in [3.8, 4) is 6.07 Å². The minimum Gasteiger partial charge on any atom is -0.253 e. The molecule has 1 heterocycles. The van der Waals surface area contributed by atoms with Gasteiger partial charge in [0.05, 0.1) is 17.7 Å². The highest BCUT2D eigenvalue weighted by Crippen LogP contribution is 2.33. The van der Waals surface area contributed by atoms with Crippen LogP contribution in [0.2, 0.25) is 0 Å². The second kappa shape index (κ2) is 4.11. The number of hydrogen-bond acceptors (Lipinski definition) is 2. The predicted octanol–water partition coefficient (Wildman–Crippen LogP) is 3.30. The third-order valence-corrected chi connectivity index (χ3v) is 2.81. The smallest absolute Gasteiger partial charge is 0.149 e. The number of hydrogen-bond donors (Lipinski definition) is 0. The quantitative estimate of drug-likeness (QED) is 0.782. The Hall–Kier alpha value is -1.21. The van der Waals surface area contributed by atoms with E-state index in [0.717, 1.165) is 18.4 Å². The molecule has 1 aromatic heterocycles. The van der Waals surface area contributed by atoms with Crippen LogP contribution in [-0.2, 0) is 0 Å². The summed E-state index contributed by atoms with van der Waals surface area (Å²) < 4.78 is 14.0. The lowest BCUT2D eigenvalue weighted by atomic mass is 9.81. The van der Waals surface area contributed by atoms with Gasteiger partial charge in [-0.25, -0.2) is 4.39 Å². The average Bonchev–Trinajstić information content (AvgIpc) is 2.13. The van der Waals surface area contributed by atoms with Crippen LogP contribution in [-0.4, -0.2) is 4.98 Å². The van der Waals surface area contributed by atoms with E-state index in [4.69, 9.17) is 5.26 Å². The van der Waals surface area contributed by atoms with E-state index in [1.807, 2.05) is 0 Å². The molecule has 1 aromatic rings. The molecule has 0 bridgehead atoms. The maximum atomic E-state index is 13.3. The van der Waals surface area contributed by atoms with Crippen LogP contribution in [0.5, 0.6) is 0 Å². The van der Waals surface area contributed by atoms with Crippen molar-refractivity contribution in [2.75, 3.05) is 0 Å². The topological polar surface area (TPSA) is 36.7 Å². The largest absolute Gasteiger partial charge is 0.253 e. The van der Waals surface area contributed by atoms with Crippen LogP contribution in [0.25, 0.3) is 6.08 Å². The van der Waals surface area contributed by atoms with Gasteiger partial charge < -0.3 is 0 Å². The number of pyridine rings is 1. The highest BCUT2D eigenvalue weighted by molar-refractivity contribution is 9.10. The molecule has 2 nitrogen and oxygen atoms in total. The summed E-state index contributed by atoms with van der Waals surface area (Å²) in [5.74, 6) is -0.230.